The minimum Gasteiger partial charge on any atom is -0.409 e. The van der Waals surface area contributed by atoms with Gasteiger partial charge in [-0.1, -0.05) is 53.7 Å². The molecule has 0 amide bonds. The molecule has 11 heteroatoms. The van der Waals surface area contributed by atoms with E-state index in [1.165, 1.54) is 0 Å². The molecule has 0 bridgehead atoms. The Hall–Kier alpha value is -2.34. The third-order valence-corrected chi connectivity index (χ3v) is 14.3. The number of nitrogens with zero attached hydrogens (tertiary/aromatic N) is 6. The molecule has 1 aliphatic heterocycles. The summed E-state index contributed by atoms with van der Waals surface area (Å²) in [5.74, 6) is 2.33. The summed E-state index contributed by atoms with van der Waals surface area (Å²) in [5.41, 5.74) is 3.10. The van der Waals surface area contributed by atoms with Crippen LogP contribution in [0.1, 0.15) is 54.3 Å². The Kier molecular flexibility index (Phi) is 8.85. The van der Waals surface area contributed by atoms with Gasteiger partial charge in [-0.25, -0.2) is 9.19 Å². The molecule has 0 unspecified atom stereocenters. The van der Waals surface area contributed by atoms with Crippen LogP contribution in [0.5, 0.6) is 0 Å². The molecule has 214 valence electrons. The summed E-state index contributed by atoms with van der Waals surface area (Å²) >= 11 is 0. The lowest BCUT2D eigenvalue weighted by atomic mass is 10.2. The molecule has 9 nitrogen and oxygen atoms in total. The van der Waals surface area contributed by atoms with Gasteiger partial charge in [-0.2, -0.15) is 14.3 Å². The van der Waals surface area contributed by atoms with Crippen molar-refractivity contribution in [3.8, 4) is 5.95 Å². The van der Waals surface area contributed by atoms with Crippen LogP contribution in [-0.4, -0.2) is 70.4 Å². The number of fused-ring (bicyclic) bond motifs is 1. The molecule has 0 spiro atoms. The van der Waals surface area contributed by atoms with E-state index in [9.17, 15) is 4.21 Å². The van der Waals surface area contributed by atoms with Gasteiger partial charge in [-0.15, -0.1) is 0 Å². The number of para-hydroxylation sites is 2. The van der Waals surface area contributed by atoms with Crippen LogP contribution in [0.2, 0.25) is 16.6 Å². The van der Waals surface area contributed by atoms with Gasteiger partial charge in [0.1, 0.15) is 11.6 Å². The second-order valence-electron chi connectivity index (χ2n) is 11.7. The van der Waals surface area contributed by atoms with Gasteiger partial charge in [-0.05, 0) is 35.7 Å². The summed E-state index contributed by atoms with van der Waals surface area (Å²) in [4.78, 5) is 17.0. The van der Waals surface area contributed by atoms with Crippen molar-refractivity contribution in [2.45, 2.75) is 77.7 Å². The summed E-state index contributed by atoms with van der Waals surface area (Å²) in [7, 11) is -4.58. The van der Waals surface area contributed by atoms with Gasteiger partial charge in [0.2, 0.25) is 14.3 Å². The number of morpholine rings is 1. The molecule has 1 aromatic carbocycles. The monoisotopic (exact) mass is 572 g/mol. The first-order valence-electron chi connectivity index (χ1n) is 13.8. The third kappa shape index (κ3) is 6.21. The van der Waals surface area contributed by atoms with E-state index in [0.717, 1.165) is 22.7 Å². The van der Waals surface area contributed by atoms with Gasteiger partial charge in [0, 0.05) is 34.9 Å². The molecule has 2 aromatic heterocycles. The van der Waals surface area contributed by atoms with E-state index in [4.69, 9.17) is 24.1 Å². The largest absolute Gasteiger partial charge is 0.409 e. The quantitative estimate of drug-likeness (QED) is 0.286. The maximum absolute atomic E-state index is 12.7. The van der Waals surface area contributed by atoms with Crippen LogP contribution in [0.3, 0.4) is 0 Å². The van der Waals surface area contributed by atoms with E-state index >= 15 is 0 Å². The zero-order valence-electron chi connectivity index (χ0n) is 24.8. The SMILES string of the molecule is CC(C)[Si](OCc1nc2ccccc2n1-c1nc(N=S(C)(C)=O)cc(N2CCOC[C@H]2C)n1)(C(C)C)C(C)C. The summed E-state index contributed by atoms with van der Waals surface area (Å²) in [5, 5.41) is 0. The summed E-state index contributed by atoms with van der Waals surface area (Å²) in [6.07, 6.45) is 3.23. The van der Waals surface area contributed by atoms with Gasteiger partial charge in [-0.3, -0.25) is 4.57 Å². The Labute approximate surface area is 234 Å². The van der Waals surface area contributed by atoms with Crippen molar-refractivity contribution in [3.63, 3.8) is 0 Å². The number of benzene rings is 1. The van der Waals surface area contributed by atoms with Crippen molar-refractivity contribution in [3.05, 3.63) is 36.2 Å². The molecule has 1 fully saturated rings. The highest BCUT2D eigenvalue weighted by molar-refractivity contribution is 7.92. The Morgan fingerprint density at radius 3 is 2.36 bits per heavy atom. The molecule has 0 saturated carbocycles. The number of hydrogen-bond donors (Lipinski definition) is 0. The third-order valence-electron chi connectivity index (χ3n) is 7.65. The van der Waals surface area contributed by atoms with Crippen LogP contribution in [0, 0.1) is 0 Å². The topological polar surface area (TPSA) is 94.7 Å². The fraction of sp³-hybridized carbons (Fsp3) is 0.607. The molecular formula is C28H44N6O3SSi. The van der Waals surface area contributed by atoms with Crippen molar-refractivity contribution in [2.24, 2.45) is 4.36 Å². The van der Waals surface area contributed by atoms with Gasteiger partial charge >= 0.3 is 0 Å². The van der Waals surface area contributed by atoms with Crippen LogP contribution >= 0.6 is 0 Å². The molecule has 0 radical (unpaired) electrons. The minimum absolute atomic E-state index is 0.138. The second kappa shape index (κ2) is 11.6. The number of hydrogen-bond acceptors (Lipinski definition) is 8. The standard InChI is InChI=1S/C28H44N6O3SSi/c1-19(2)39(20(3)4,21(5)6)37-18-27-29-23-12-10-11-13-24(23)34(27)28-30-25(32-38(8,9)35)16-26(31-28)33-14-15-36-17-22(33)7/h10-13,16,19-22H,14-15,17-18H2,1-9H3/t22-/m1/s1. The lowest BCUT2D eigenvalue weighted by molar-refractivity contribution is 0.0985. The molecule has 1 saturated heterocycles. The van der Waals surface area contributed by atoms with Crippen molar-refractivity contribution >= 4 is 40.7 Å². The van der Waals surface area contributed by atoms with Crippen LogP contribution in [0.25, 0.3) is 17.0 Å². The molecule has 39 heavy (non-hydrogen) atoms. The van der Waals surface area contributed by atoms with Crippen LogP contribution in [0.4, 0.5) is 11.6 Å². The zero-order chi connectivity index (χ0) is 28.5. The Morgan fingerprint density at radius 1 is 1.08 bits per heavy atom. The van der Waals surface area contributed by atoms with E-state index < -0.39 is 18.0 Å². The fourth-order valence-electron chi connectivity index (χ4n) is 6.08. The molecule has 0 N–H and O–H groups in total. The molecule has 4 rings (SSSR count). The fourth-order valence-corrected chi connectivity index (χ4v) is 12.0. The predicted octanol–water partition coefficient (Wildman–Crippen LogP) is 6.09. The minimum atomic E-state index is -2.44. The van der Waals surface area contributed by atoms with Crippen molar-refractivity contribution in [1.82, 2.24) is 19.5 Å². The van der Waals surface area contributed by atoms with Gasteiger partial charge < -0.3 is 14.1 Å². The highest BCUT2D eigenvalue weighted by Gasteiger charge is 2.45. The highest BCUT2D eigenvalue weighted by Crippen LogP contribution is 2.43. The molecule has 1 atom stereocenters. The Balaban J connectivity index is 1.89. The highest BCUT2D eigenvalue weighted by atomic mass is 32.2. The Morgan fingerprint density at radius 2 is 1.74 bits per heavy atom. The van der Waals surface area contributed by atoms with Gasteiger partial charge in [0.05, 0.1) is 36.9 Å². The number of aromatic nitrogens is 4. The predicted molar refractivity (Wildman–Crippen MR) is 162 cm³/mol. The van der Waals surface area contributed by atoms with E-state index in [1.54, 1.807) is 12.5 Å². The summed E-state index contributed by atoms with van der Waals surface area (Å²) < 4.78 is 31.8. The van der Waals surface area contributed by atoms with Crippen molar-refractivity contribution in [2.75, 3.05) is 37.2 Å². The molecule has 1 aliphatic rings. The average Bonchev–Trinajstić information content (AvgIpc) is 3.21. The summed E-state index contributed by atoms with van der Waals surface area (Å²) in [6.45, 7) is 18.1. The molecule has 0 aliphatic carbocycles. The van der Waals surface area contributed by atoms with E-state index in [0.29, 0.717) is 54.8 Å². The molecule has 3 heterocycles. The van der Waals surface area contributed by atoms with Crippen molar-refractivity contribution in [1.29, 1.82) is 0 Å². The number of imidazole rings is 1. The number of rotatable bonds is 9. The number of ether oxygens (including phenoxy) is 1. The molecular weight excluding hydrogens is 529 g/mol. The van der Waals surface area contributed by atoms with Crippen LogP contribution < -0.4 is 4.90 Å². The average molecular weight is 573 g/mol. The molecule has 3 aromatic rings. The smallest absolute Gasteiger partial charge is 0.239 e. The lowest BCUT2D eigenvalue weighted by Crippen LogP contribution is -2.47. The van der Waals surface area contributed by atoms with Gasteiger partial charge in [0.15, 0.2) is 5.82 Å². The van der Waals surface area contributed by atoms with E-state index in [2.05, 4.69) is 57.7 Å². The Bertz CT molecular complexity index is 1400. The first-order valence-corrected chi connectivity index (χ1v) is 18.3. The first-order chi connectivity index (χ1) is 18.3. The zero-order valence-corrected chi connectivity index (χ0v) is 26.7. The number of anilines is 1. The first kappa shape index (κ1) is 29.6. The van der Waals surface area contributed by atoms with E-state index in [-0.39, 0.29) is 6.04 Å². The summed E-state index contributed by atoms with van der Waals surface area (Å²) in [6, 6.07) is 9.95. The van der Waals surface area contributed by atoms with Crippen LogP contribution in [0.15, 0.2) is 34.7 Å². The second-order valence-corrected chi connectivity index (χ2v) is 19.7. The van der Waals surface area contributed by atoms with E-state index in [1.807, 2.05) is 34.9 Å². The maximum atomic E-state index is 12.7. The van der Waals surface area contributed by atoms with Crippen LogP contribution in [-0.2, 0) is 25.5 Å². The van der Waals surface area contributed by atoms with Crippen molar-refractivity contribution < 1.29 is 13.4 Å². The van der Waals surface area contributed by atoms with Gasteiger partial charge in [0.25, 0.3) is 0 Å². The lowest BCUT2D eigenvalue weighted by Gasteiger charge is -2.42. The maximum Gasteiger partial charge on any atom is 0.239 e. The normalized spacial score (nSPS) is 17.1.